The fourth-order valence-corrected chi connectivity index (χ4v) is 3.15. The molecule has 2 atom stereocenters. The van der Waals surface area contributed by atoms with Gasteiger partial charge in [0.2, 0.25) is 0 Å². The van der Waals surface area contributed by atoms with Gasteiger partial charge >= 0.3 is 6.18 Å². The lowest BCUT2D eigenvalue weighted by molar-refractivity contribution is -0.109. The summed E-state index contributed by atoms with van der Waals surface area (Å²) in [4.78, 5) is 0. The maximum atomic E-state index is 14.1. The van der Waals surface area contributed by atoms with E-state index in [0.29, 0.717) is 6.08 Å². The van der Waals surface area contributed by atoms with Gasteiger partial charge in [-0.2, -0.15) is 13.2 Å². The first-order chi connectivity index (χ1) is 11.8. The Morgan fingerprint density at radius 2 is 1.46 bits per heavy atom. The van der Waals surface area contributed by atoms with Gasteiger partial charge in [-0.15, -0.1) is 0 Å². The minimum Gasteiger partial charge on any atom is -0.380 e. The van der Waals surface area contributed by atoms with Crippen molar-refractivity contribution in [2.45, 2.75) is 33.1 Å². The topological polar surface area (TPSA) is 9.23 Å². The highest BCUT2D eigenvalue weighted by atomic mass is 19.4. The Kier molecular flexibility index (Phi) is 5.43. The first kappa shape index (κ1) is 20.7. The van der Waals surface area contributed by atoms with Crippen molar-refractivity contribution in [3.8, 4) is 0 Å². The van der Waals surface area contributed by atoms with Gasteiger partial charge < -0.3 is 4.74 Å². The quantitative estimate of drug-likeness (QED) is 0.470. The fraction of sp³-hybridized carbons (Fsp3) is 0.529. The molecule has 0 N–H and O–H groups in total. The van der Waals surface area contributed by atoms with Crippen LogP contribution in [-0.2, 0) is 17.8 Å². The Bertz CT molecular complexity index is 706. The van der Waals surface area contributed by atoms with Gasteiger partial charge in [0.1, 0.15) is 0 Å². The number of ether oxygens (including phenoxy) is 1. The van der Waals surface area contributed by atoms with E-state index in [1.807, 2.05) is 0 Å². The Morgan fingerprint density at radius 1 is 1.00 bits per heavy atom. The van der Waals surface area contributed by atoms with E-state index in [4.69, 9.17) is 0 Å². The van der Waals surface area contributed by atoms with Crippen LogP contribution < -0.4 is 0 Å². The number of rotatable bonds is 5. The molecular formula is C17H16F8O. The molecule has 1 fully saturated rings. The highest BCUT2D eigenvalue weighted by Crippen LogP contribution is 2.61. The third-order valence-electron chi connectivity index (χ3n) is 4.89. The molecule has 1 nitrogen and oxygen atoms in total. The molecule has 0 aliphatic heterocycles. The van der Waals surface area contributed by atoms with E-state index in [-0.39, 0.29) is 0 Å². The first-order valence-corrected chi connectivity index (χ1v) is 7.61. The number of halogens is 8. The highest BCUT2D eigenvalue weighted by Gasteiger charge is 2.57. The predicted molar refractivity (Wildman–Crippen MR) is 76.7 cm³/mol. The molecule has 0 aromatic heterocycles. The number of benzene rings is 1. The van der Waals surface area contributed by atoms with Crippen LogP contribution in [0.2, 0.25) is 0 Å². The second-order valence-electron chi connectivity index (χ2n) is 6.82. The van der Waals surface area contributed by atoms with Crippen LogP contribution in [0.4, 0.5) is 35.1 Å². The number of hydrogen-bond donors (Lipinski definition) is 0. The molecule has 1 aliphatic rings. The smallest absolute Gasteiger partial charge is 0.380 e. The van der Waals surface area contributed by atoms with Crippen molar-refractivity contribution in [2.75, 3.05) is 7.11 Å². The monoisotopic (exact) mass is 388 g/mol. The van der Waals surface area contributed by atoms with Gasteiger partial charge in [0.25, 0.3) is 0 Å². The van der Waals surface area contributed by atoms with E-state index >= 15 is 0 Å². The summed E-state index contributed by atoms with van der Waals surface area (Å²) in [5.41, 5.74) is -2.75. The zero-order valence-corrected chi connectivity index (χ0v) is 14.1. The second-order valence-corrected chi connectivity index (χ2v) is 6.82. The Labute approximate surface area is 144 Å². The van der Waals surface area contributed by atoms with Crippen LogP contribution in [0.15, 0.2) is 11.9 Å². The Morgan fingerprint density at radius 3 is 1.88 bits per heavy atom. The van der Waals surface area contributed by atoms with Gasteiger partial charge in [0, 0.05) is 12.7 Å². The third-order valence-corrected chi connectivity index (χ3v) is 4.89. The zero-order valence-electron chi connectivity index (χ0n) is 14.1. The van der Waals surface area contributed by atoms with Crippen molar-refractivity contribution >= 4 is 0 Å². The summed E-state index contributed by atoms with van der Waals surface area (Å²) in [5, 5.41) is 0. The number of alkyl halides is 3. The van der Waals surface area contributed by atoms with Crippen molar-refractivity contribution in [3.05, 3.63) is 46.3 Å². The molecule has 0 saturated heterocycles. The molecule has 1 saturated carbocycles. The van der Waals surface area contributed by atoms with Gasteiger partial charge in [0.15, 0.2) is 29.1 Å². The normalized spacial score (nSPS) is 22.7. The van der Waals surface area contributed by atoms with Crippen LogP contribution in [0.3, 0.4) is 0 Å². The molecule has 1 aromatic carbocycles. The molecular weight excluding hydrogens is 372 g/mol. The van der Waals surface area contributed by atoms with Crippen molar-refractivity contribution in [2.24, 2.45) is 17.3 Å². The lowest BCUT2D eigenvalue weighted by Crippen LogP contribution is -2.11. The summed E-state index contributed by atoms with van der Waals surface area (Å²) >= 11 is 0. The van der Waals surface area contributed by atoms with Crippen LogP contribution in [-0.4, -0.2) is 13.3 Å². The van der Waals surface area contributed by atoms with Gasteiger partial charge in [0.05, 0.1) is 12.2 Å². The highest BCUT2D eigenvalue weighted by molar-refractivity contribution is 5.32. The molecule has 2 rings (SSSR count). The molecule has 26 heavy (non-hydrogen) atoms. The SMILES string of the molecule is COCc1c(F)c(F)c(C[C@H]2[C@@H](/C=C(\F)C(F)(F)F)C2(C)C)c(F)c1F. The Hall–Kier alpha value is -1.64. The maximum absolute atomic E-state index is 14.1. The van der Waals surface area contributed by atoms with Crippen molar-refractivity contribution < 1.29 is 39.9 Å². The van der Waals surface area contributed by atoms with Gasteiger partial charge in [-0.3, -0.25) is 0 Å². The van der Waals surface area contributed by atoms with Crippen molar-refractivity contribution in [3.63, 3.8) is 0 Å². The first-order valence-electron chi connectivity index (χ1n) is 7.61. The Balaban J connectivity index is 2.35. The molecule has 9 heteroatoms. The number of methoxy groups -OCH3 is 1. The van der Waals surface area contributed by atoms with Gasteiger partial charge in [-0.25, -0.2) is 22.0 Å². The molecule has 0 heterocycles. The summed E-state index contributed by atoms with van der Waals surface area (Å²) < 4.78 is 111. The minimum atomic E-state index is -5.17. The molecule has 1 aromatic rings. The van der Waals surface area contributed by atoms with E-state index in [0.717, 1.165) is 7.11 Å². The van der Waals surface area contributed by atoms with E-state index in [1.54, 1.807) is 0 Å². The van der Waals surface area contributed by atoms with Crippen LogP contribution >= 0.6 is 0 Å². The second kappa shape index (κ2) is 6.83. The van der Waals surface area contributed by atoms with Crippen LogP contribution in [0, 0.1) is 40.5 Å². The van der Waals surface area contributed by atoms with Crippen LogP contribution in [0.1, 0.15) is 25.0 Å². The molecule has 0 radical (unpaired) electrons. The average molecular weight is 388 g/mol. The summed E-state index contributed by atoms with van der Waals surface area (Å²) in [6.45, 7) is 2.26. The van der Waals surface area contributed by atoms with E-state index in [2.05, 4.69) is 4.74 Å². The summed E-state index contributed by atoms with van der Waals surface area (Å²) in [6, 6.07) is 0. The van der Waals surface area contributed by atoms with Crippen molar-refractivity contribution in [1.29, 1.82) is 0 Å². The molecule has 146 valence electrons. The zero-order chi connectivity index (χ0) is 20.0. The predicted octanol–water partition coefficient (Wildman–Crippen LogP) is 5.62. The average Bonchev–Trinajstić information content (AvgIpc) is 3.04. The van der Waals surface area contributed by atoms with Gasteiger partial charge in [-0.1, -0.05) is 13.8 Å². The van der Waals surface area contributed by atoms with Crippen molar-refractivity contribution in [1.82, 2.24) is 0 Å². The number of hydrogen-bond acceptors (Lipinski definition) is 1. The van der Waals surface area contributed by atoms with Crippen LogP contribution in [0.5, 0.6) is 0 Å². The molecule has 0 unspecified atom stereocenters. The standard InChI is InChI=1S/C17H16F8O/c1-16(2)9(10(16)5-11(18)17(23,24)25)4-7-12(19)14(21)8(6-26-3)15(22)13(7)20/h5,9-10H,4,6H2,1-3H3/b11-5-/t9-,10+/m0/s1. The molecule has 0 spiro atoms. The summed E-state index contributed by atoms with van der Waals surface area (Å²) in [5.74, 6) is -10.6. The van der Waals surface area contributed by atoms with Crippen LogP contribution in [0.25, 0.3) is 0 Å². The van der Waals surface area contributed by atoms with E-state index in [1.165, 1.54) is 13.8 Å². The minimum absolute atomic E-state index is 0.340. The molecule has 1 aliphatic carbocycles. The van der Waals surface area contributed by atoms with Gasteiger partial charge in [-0.05, 0) is 29.7 Å². The molecule has 0 amide bonds. The molecule has 0 bridgehead atoms. The lowest BCUT2D eigenvalue weighted by Gasteiger charge is -2.12. The third kappa shape index (κ3) is 3.58. The number of allylic oxidation sites excluding steroid dienone is 2. The lowest BCUT2D eigenvalue weighted by atomic mass is 9.99. The van der Waals surface area contributed by atoms with E-state index in [9.17, 15) is 35.1 Å². The summed E-state index contributed by atoms with van der Waals surface area (Å²) in [7, 11) is 1.08. The maximum Gasteiger partial charge on any atom is 0.442 e. The van der Waals surface area contributed by atoms with E-state index < -0.39 is 76.7 Å². The summed E-state index contributed by atoms with van der Waals surface area (Å²) in [6.07, 6.45) is -5.40. The largest absolute Gasteiger partial charge is 0.442 e. The fourth-order valence-electron chi connectivity index (χ4n) is 3.15.